The number of benzene rings is 1. The molecule has 0 bridgehead atoms. The van der Waals surface area contributed by atoms with Crippen molar-refractivity contribution in [3.8, 4) is 5.75 Å². The highest BCUT2D eigenvalue weighted by Gasteiger charge is 2.28. The van der Waals surface area contributed by atoms with Crippen LogP contribution in [0.25, 0.3) is 0 Å². The Morgan fingerprint density at radius 3 is 2.81 bits per heavy atom. The molecule has 1 aliphatic heterocycles. The summed E-state index contributed by atoms with van der Waals surface area (Å²) in [6.45, 7) is 8.69. The minimum Gasteiger partial charge on any atom is -0.497 e. The van der Waals surface area contributed by atoms with Crippen LogP contribution in [0.4, 0.5) is 11.4 Å². The van der Waals surface area contributed by atoms with Gasteiger partial charge in [-0.1, -0.05) is 0 Å². The van der Waals surface area contributed by atoms with Crippen LogP contribution in [0.5, 0.6) is 5.75 Å². The molecule has 3 heteroatoms. The molecule has 0 fully saturated rings. The first kappa shape index (κ1) is 11.1. The van der Waals surface area contributed by atoms with Gasteiger partial charge in [0.05, 0.1) is 18.5 Å². The average Bonchev–Trinajstić information content (AvgIpc) is 2.25. The summed E-state index contributed by atoms with van der Waals surface area (Å²) in [5, 5.41) is 3.55. The number of fused-ring (bicyclic) bond motifs is 1. The van der Waals surface area contributed by atoms with Gasteiger partial charge >= 0.3 is 0 Å². The predicted octanol–water partition coefficient (Wildman–Crippen LogP) is 2.73. The van der Waals surface area contributed by atoms with Crippen molar-refractivity contribution in [2.45, 2.75) is 26.3 Å². The van der Waals surface area contributed by atoms with Crippen molar-refractivity contribution in [2.75, 3.05) is 30.4 Å². The average molecular weight is 220 g/mol. The quantitative estimate of drug-likeness (QED) is 0.829. The van der Waals surface area contributed by atoms with Gasteiger partial charge in [-0.3, -0.25) is 0 Å². The van der Waals surface area contributed by atoms with E-state index in [0.29, 0.717) is 0 Å². The van der Waals surface area contributed by atoms with E-state index in [1.165, 1.54) is 5.69 Å². The van der Waals surface area contributed by atoms with E-state index in [1.807, 2.05) is 6.07 Å². The van der Waals surface area contributed by atoms with Gasteiger partial charge in [0.15, 0.2) is 0 Å². The van der Waals surface area contributed by atoms with Gasteiger partial charge < -0.3 is 15.0 Å². The van der Waals surface area contributed by atoms with E-state index in [0.717, 1.165) is 24.5 Å². The van der Waals surface area contributed by atoms with Crippen LogP contribution in [0.3, 0.4) is 0 Å². The molecule has 0 unspecified atom stereocenters. The van der Waals surface area contributed by atoms with Crippen molar-refractivity contribution in [1.82, 2.24) is 0 Å². The summed E-state index contributed by atoms with van der Waals surface area (Å²) in [6, 6.07) is 6.21. The fourth-order valence-electron chi connectivity index (χ4n) is 2.27. The second-order valence-electron chi connectivity index (χ2n) is 4.91. The molecule has 0 aromatic heterocycles. The van der Waals surface area contributed by atoms with E-state index in [1.54, 1.807) is 7.11 Å². The van der Waals surface area contributed by atoms with Gasteiger partial charge in [0, 0.05) is 24.7 Å². The molecule has 0 radical (unpaired) electrons. The maximum Gasteiger partial charge on any atom is 0.121 e. The Morgan fingerprint density at radius 1 is 1.44 bits per heavy atom. The van der Waals surface area contributed by atoms with Gasteiger partial charge in [-0.2, -0.15) is 0 Å². The zero-order chi connectivity index (χ0) is 11.8. The molecule has 1 aliphatic rings. The number of hydrogen-bond acceptors (Lipinski definition) is 3. The number of rotatable bonds is 2. The Labute approximate surface area is 97.4 Å². The molecule has 88 valence electrons. The van der Waals surface area contributed by atoms with Crippen molar-refractivity contribution in [2.24, 2.45) is 0 Å². The van der Waals surface area contributed by atoms with E-state index in [9.17, 15) is 0 Å². The van der Waals surface area contributed by atoms with Crippen LogP contribution in [0.15, 0.2) is 18.2 Å². The van der Waals surface area contributed by atoms with Gasteiger partial charge in [-0.25, -0.2) is 0 Å². The molecule has 1 N–H and O–H groups in total. The Kier molecular flexibility index (Phi) is 2.70. The SMILES string of the molecule is CCN1CC(C)(C)Nc2cc(OC)ccc21. The fourth-order valence-corrected chi connectivity index (χ4v) is 2.27. The molecule has 16 heavy (non-hydrogen) atoms. The van der Waals surface area contributed by atoms with Gasteiger partial charge in [0.25, 0.3) is 0 Å². The van der Waals surface area contributed by atoms with E-state index in [-0.39, 0.29) is 5.54 Å². The standard InChI is InChI=1S/C13H20N2O/c1-5-15-9-13(2,3)14-11-8-10(16-4)6-7-12(11)15/h6-8,14H,5,9H2,1-4H3. The Morgan fingerprint density at radius 2 is 2.19 bits per heavy atom. The molecule has 1 aromatic carbocycles. The smallest absolute Gasteiger partial charge is 0.121 e. The van der Waals surface area contributed by atoms with Crippen molar-refractivity contribution >= 4 is 11.4 Å². The lowest BCUT2D eigenvalue weighted by Crippen LogP contribution is -2.48. The zero-order valence-electron chi connectivity index (χ0n) is 10.5. The van der Waals surface area contributed by atoms with E-state index in [4.69, 9.17) is 4.74 Å². The second kappa shape index (κ2) is 3.89. The molecule has 0 spiro atoms. The molecule has 0 atom stereocenters. The third kappa shape index (κ3) is 1.94. The molecule has 3 nitrogen and oxygen atoms in total. The highest BCUT2D eigenvalue weighted by molar-refractivity contribution is 5.75. The fraction of sp³-hybridized carbons (Fsp3) is 0.538. The summed E-state index contributed by atoms with van der Waals surface area (Å²) in [5.41, 5.74) is 2.54. The van der Waals surface area contributed by atoms with Gasteiger partial charge in [-0.15, -0.1) is 0 Å². The molecule has 1 aromatic rings. The van der Waals surface area contributed by atoms with Crippen LogP contribution in [-0.4, -0.2) is 25.7 Å². The Bertz CT molecular complexity index is 388. The van der Waals surface area contributed by atoms with E-state index in [2.05, 4.69) is 43.1 Å². The summed E-state index contributed by atoms with van der Waals surface area (Å²) in [7, 11) is 1.70. The van der Waals surface area contributed by atoms with Crippen molar-refractivity contribution in [1.29, 1.82) is 0 Å². The molecule has 0 aliphatic carbocycles. The summed E-state index contributed by atoms with van der Waals surface area (Å²) in [4.78, 5) is 2.39. The predicted molar refractivity (Wildman–Crippen MR) is 68.6 cm³/mol. The van der Waals surface area contributed by atoms with Crippen LogP contribution < -0.4 is 15.0 Å². The zero-order valence-corrected chi connectivity index (χ0v) is 10.5. The molecule has 1 heterocycles. The number of methoxy groups -OCH3 is 1. The van der Waals surface area contributed by atoms with Crippen LogP contribution in [0.2, 0.25) is 0 Å². The van der Waals surface area contributed by atoms with Crippen molar-refractivity contribution in [3.05, 3.63) is 18.2 Å². The summed E-state index contributed by atoms with van der Waals surface area (Å²) in [6.07, 6.45) is 0. The third-order valence-corrected chi connectivity index (χ3v) is 2.99. The number of anilines is 2. The molecule has 0 saturated heterocycles. The molecular weight excluding hydrogens is 200 g/mol. The van der Waals surface area contributed by atoms with Gasteiger partial charge in [0.1, 0.15) is 5.75 Å². The summed E-state index contributed by atoms with van der Waals surface area (Å²) in [5.74, 6) is 0.903. The minimum atomic E-state index is 0.107. The van der Waals surface area contributed by atoms with E-state index < -0.39 is 0 Å². The summed E-state index contributed by atoms with van der Waals surface area (Å²) < 4.78 is 5.26. The monoisotopic (exact) mass is 220 g/mol. The normalized spacial score (nSPS) is 17.6. The van der Waals surface area contributed by atoms with Gasteiger partial charge in [-0.05, 0) is 32.9 Å². The lowest BCUT2D eigenvalue weighted by atomic mass is 9.99. The van der Waals surface area contributed by atoms with Crippen molar-refractivity contribution in [3.63, 3.8) is 0 Å². The third-order valence-electron chi connectivity index (χ3n) is 2.99. The lowest BCUT2D eigenvalue weighted by Gasteiger charge is -2.41. The highest BCUT2D eigenvalue weighted by atomic mass is 16.5. The van der Waals surface area contributed by atoms with Crippen molar-refractivity contribution < 1.29 is 4.74 Å². The van der Waals surface area contributed by atoms with Crippen LogP contribution in [0.1, 0.15) is 20.8 Å². The van der Waals surface area contributed by atoms with Crippen LogP contribution >= 0.6 is 0 Å². The number of ether oxygens (including phenoxy) is 1. The Balaban J connectivity index is 2.42. The first-order valence-electron chi connectivity index (χ1n) is 5.77. The molecule has 0 amide bonds. The number of nitrogens with one attached hydrogen (secondary N) is 1. The lowest BCUT2D eigenvalue weighted by molar-refractivity contribution is 0.414. The van der Waals surface area contributed by atoms with Gasteiger partial charge in [0.2, 0.25) is 0 Å². The van der Waals surface area contributed by atoms with Crippen LogP contribution in [-0.2, 0) is 0 Å². The Hall–Kier alpha value is -1.38. The van der Waals surface area contributed by atoms with E-state index >= 15 is 0 Å². The first-order valence-corrected chi connectivity index (χ1v) is 5.77. The second-order valence-corrected chi connectivity index (χ2v) is 4.91. The number of hydrogen-bond donors (Lipinski definition) is 1. The highest BCUT2D eigenvalue weighted by Crippen LogP contribution is 2.36. The molecule has 2 rings (SSSR count). The largest absolute Gasteiger partial charge is 0.497 e. The minimum absolute atomic E-state index is 0.107. The molecular formula is C13H20N2O. The maximum atomic E-state index is 5.26. The first-order chi connectivity index (χ1) is 7.55. The summed E-state index contributed by atoms with van der Waals surface area (Å²) >= 11 is 0. The topological polar surface area (TPSA) is 24.5 Å². The number of nitrogens with zero attached hydrogens (tertiary/aromatic N) is 1. The maximum absolute atomic E-state index is 5.26. The number of likely N-dealkylation sites (N-methyl/N-ethyl adjacent to an activating group) is 1. The van der Waals surface area contributed by atoms with Crippen LogP contribution in [0, 0.1) is 0 Å². The molecule has 0 saturated carbocycles.